The van der Waals surface area contributed by atoms with E-state index in [4.69, 9.17) is 0 Å². The van der Waals surface area contributed by atoms with E-state index in [0.717, 1.165) is 6.92 Å². The molecule has 0 saturated carbocycles. The Morgan fingerprint density at radius 2 is 1.83 bits per heavy atom. The molecule has 3 nitrogen and oxygen atoms in total. The highest BCUT2D eigenvalue weighted by Crippen LogP contribution is 2.34. The van der Waals surface area contributed by atoms with Gasteiger partial charge in [-0.15, -0.1) is 0 Å². The first-order valence-corrected chi connectivity index (χ1v) is 2.95. The lowest BCUT2D eigenvalue weighted by Crippen LogP contribution is -2.53. The first-order chi connectivity index (χ1) is 5.25. The van der Waals surface area contributed by atoms with E-state index in [1.807, 2.05) is 0 Å². The Kier molecular flexibility index (Phi) is 3.03. The molecule has 0 heterocycles. The fourth-order valence-electron chi connectivity index (χ4n) is 0.492. The highest BCUT2D eigenvalue weighted by atomic mass is 19.4. The fourth-order valence-corrected chi connectivity index (χ4v) is 0.492. The van der Waals surface area contributed by atoms with Crippen molar-refractivity contribution in [3.8, 4) is 0 Å². The maximum atomic E-state index is 12.6. The molecular formula is C5H7F4NO2. The first kappa shape index (κ1) is 11.2. The zero-order valence-electron chi connectivity index (χ0n) is 6.11. The normalized spacial score (nSPS) is 17.1. The van der Waals surface area contributed by atoms with Crippen LogP contribution < -0.4 is 5.73 Å². The summed E-state index contributed by atoms with van der Waals surface area (Å²) >= 11 is 0. The van der Waals surface area contributed by atoms with E-state index in [1.165, 1.54) is 0 Å². The third kappa shape index (κ3) is 1.84. The third-order valence-electron chi connectivity index (χ3n) is 1.02. The molecule has 0 aromatic rings. The molecule has 0 aromatic heterocycles. The summed E-state index contributed by atoms with van der Waals surface area (Å²) in [5.41, 5.74) is 4.18. The van der Waals surface area contributed by atoms with Gasteiger partial charge in [0.2, 0.25) is 0 Å². The summed E-state index contributed by atoms with van der Waals surface area (Å²) in [5, 5.41) is 0. The van der Waals surface area contributed by atoms with Crippen molar-refractivity contribution >= 4 is 5.91 Å². The maximum Gasteiger partial charge on any atom is 0.458 e. The Morgan fingerprint density at radius 3 is 1.92 bits per heavy atom. The molecule has 0 saturated heterocycles. The molecule has 0 aliphatic rings. The maximum absolute atomic E-state index is 12.6. The SMILES string of the molecule is CCO[C@](F)(C(N)=O)C(F)(F)F. The number of carbonyl (C=O) groups excluding carboxylic acids is 1. The second-order valence-electron chi connectivity index (χ2n) is 1.89. The summed E-state index contributed by atoms with van der Waals surface area (Å²) in [5.74, 6) is -6.57. The Hall–Kier alpha value is -0.850. The quantitative estimate of drug-likeness (QED) is 0.665. The van der Waals surface area contributed by atoms with E-state index < -0.39 is 24.5 Å². The number of hydrogen-bond acceptors (Lipinski definition) is 2. The lowest BCUT2D eigenvalue weighted by atomic mass is 10.3. The average molecular weight is 189 g/mol. The van der Waals surface area contributed by atoms with Crippen LogP contribution in [0.5, 0.6) is 0 Å². The molecule has 0 aliphatic heterocycles. The van der Waals surface area contributed by atoms with E-state index in [-0.39, 0.29) is 0 Å². The van der Waals surface area contributed by atoms with Gasteiger partial charge in [-0.25, -0.2) is 0 Å². The molecule has 0 rings (SSSR count). The second-order valence-corrected chi connectivity index (χ2v) is 1.89. The van der Waals surface area contributed by atoms with Gasteiger partial charge in [-0.05, 0) is 6.92 Å². The van der Waals surface area contributed by atoms with Crippen LogP contribution in [-0.4, -0.2) is 24.5 Å². The molecule has 72 valence electrons. The molecule has 0 aromatic carbocycles. The number of ether oxygens (including phenoxy) is 1. The van der Waals surface area contributed by atoms with E-state index in [2.05, 4.69) is 10.5 Å². The van der Waals surface area contributed by atoms with Crippen molar-refractivity contribution in [3.63, 3.8) is 0 Å². The van der Waals surface area contributed by atoms with Gasteiger partial charge in [-0.2, -0.15) is 17.6 Å². The van der Waals surface area contributed by atoms with Crippen molar-refractivity contribution in [2.45, 2.75) is 19.0 Å². The smallest absolute Gasteiger partial charge is 0.364 e. The zero-order valence-corrected chi connectivity index (χ0v) is 6.11. The number of primary amides is 1. The van der Waals surface area contributed by atoms with Crippen molar-refractivity contribution in [3.05, 3.63) is 0 Å². The molecule has 0 radical (unpaired) electrons. The van der Waals surface area contributed by atoms with Gasteiger partial charge in [-0.1, -0.05) is 0 Å². The summed E-state index contributed by atoms with van der Waals surface area (Å²) in [6.45, 7) is 0.516. The van der Waals surface area contributed by atoms with Crippen LogP contribution in [0.25, 0.3) is 0 Å². The molecule has 0 unspecified atom stereocenters. The topological polar surface area (TPSA) is 52.3 Å². The molecule has 0 bridgehead atoms. The predicted octanol–water partition coefficient (Wildman–Crippen LogP) is 0.736. The number of hydrogen-bond donors (Lipinski definition) is 1. The number of rotatable bonds is 3. The van der Waals surface area contributed by atoms with Crippen molar-refractivity contribution in [2.75, 3.05) is 6.61 Å². The summed E-state index contributed by atoms with van der Waals surface area (Å²) in [6.07, 6.45) is -5.44. The van der Waals surface area contributed by atoms with Crippen LogP contribution in [0, 0.1) is 0 Å². The molecule has 1 atom stereocenters. The number of amides is 1. The molecule has 0 aliphatic carbocycles. The van der Waals surface area contributed by atoms with E-state index >= 15 is 0 Å². The highest BCUT2D eigenvalue weighted by Gasteiger charge is 2.62. The number of halogens is 4. The van der Waals surface area contributed by atoms with E-state index in [9.17, 15) is 22.4 Å². The van der Waals surface area contributed by atoms with Gasteiger partial charge in [0, 0.05) is 6.61 Å². The minimum absolute atomic E-state index is 0.598. The Labute approximate surface area is 65.5 Å². The van der Waals surface area contributed by atoms with Crippen LogP contribution in [0.2, 0.25) is 0 Å². The van der Waals surface area contributed by atoms with Crippen LogP contribution in [0.4, 0.5) is 17.6 Å². The van der Waals surface area contributed by atoms with Crippen LogP contribution in [0.15, 0.2) is 0 Å². The monoisotopic (exact) mass is 189 g/mol. The van der Waals surface area contributed by atoms with Crippen LogP contribution in [0.3, 0.4) is 0 Å². The Balaban J connectivity index is 4.75. The summed E-state index contributed by atoms with van der Waals surface area (Å²) in [4.78, 5) is 10.1. The minimum atomic E-state index is -5.44. The molecule has 2 N–H and O–H groups in total. The Bertz CT molecular complexity index is 181. The predicted molar refractivity (Wildman–Crippen MR) is 30.7 cm³/mol. The van der Waals surface area contributed by atoms with Gasteiger partial charge in [0.15, 0.2) is 0 Å². The highest BCUT2D eigenvalue weighted by molar-refractivity contribution is 5.82. The number of carbonyl (C=O) groups is 1. The second kappa shape index (κ2) is 3.26. The van der Waals surface area contributed by atoms with Crippen LogP contribution >= 0.6 is 0 Å². The fraction of sp³-hybridized carbons (Fsp3) is 0.800. The van der Waals surface area contributed by atoms with Gasteiger partial charge in [0.1, 0.15) is 0 Å². The lowest BCUT2D eigenvalue weighted by Gasteiger charge is -2.23. The molecule has 7 heteroatoms. The van der Waals surface area contributed by atoms with Crippen molar-refractivity contribution in [1.82, 2.24) is 0 Å². The van der Waals surface area contributed by atoms with Crippen molar-refractivity contribution in [1.29, 1.82) is 0 Å². The largest absolute Gasteiger partial charge is 0.458 e. The molecule has 0 spiro atoms. The summed E-state index contributed by atoms with van der Waals surface area (Å²) < 4.78 is 51.4. The van der Waals surface area contributed by atoms with Gasteiger partial charge in [0.25, 0.3) is 5.91 Å². The minimum Gasteiger partial charge on any atom is -0.364 e. The van der Waals surface area contributed by atoms with E-state index in [1.54, 1.807) is 0 Å². The van der Waals surface area contributed by atoms with Crippen molar-refractivity contribution < 1.29 is 27.1 Å². The Morgan fingerprint density at radius 1 is 1.42 bits per heavy atom. The standard InChI is InChI=1S/C5H7F4NO2/c1-2-12-4(6,3(10)11)5(7,8)9/h2H2,1H3,(H2,10,11)/t4-/m1/s1. The van der Waals surface area contributed by atoms with Gasteiger partial charge < -0.3 is 10.5 Å². The van der Waals surface area contributed by atoms with Crippen LogP contribution in [0.1, 0.15) is 6.92 Å². The van der Waals surface area contributed by atoms with Gasteiger partial charge in [0.05, 0.1) is 0 Å². The van der Waals surface area contributed by atoms with E-state index in [0.29, 0.717) is 0 Å². The summed E-state index contributed by atoms with van der Waals surface area (Å²) in [6, 6.07) is 0. The number of alkyl halides is 4. The summed E-state index contributed by atoms with van der Waals surface area (Å²) in [7, 11) is 0. The molecule has 0 fully saturated rings. The average Bonchev–Trinajstić information content (AvgIpc) is 1.85. The molecule has 1 amide bonds. The van der Waals surface area contributed by atoms with Crippen molar-refractivity contribution in [2.24, 2.45) is 5.73 Å². The molecular weight excluding hydrogens is 182 g/mol. The zero-order chi connectivity index (χ0) is 9.99. The van der Waals surface area contributed by atoms with Crippen LogP contribution in [-0.2, 0) is 9.53 Å². The van der Waals surface area contributed by atoms with Gasteiger partial charge in [-0.3, -0.25) is 4.79 Å². The number of nitrogens with two attached hydrogens (primary N) is 1. The third-order valence-corrected chi connectivity index (χ3v) is 1.02. The van der Waals surface area contributed by atoms with Gasteiger partial charge >= 0.3 is 12.0 Å². The first-order valence-electron chi connectivity index (χ1n) is 2.95. The molecule has 12 heavy (non-hydrogen) atoms. The lowest BCUT2D eigenvalue weighted by molar-refractivity contribution is -0.312.